The molecule has 0 aliphatic heterocycles. The van der Waals surface area contributed by atoms with Crippen molar-refractivity contribution in [2.24, 2.45) is 0 Å². The summed E-state index contributed by atoms with van der Waals surface area (Å²) in [6.45, 7) is 7.17. The molecule has 3 rings (SSSR count). The highest BCUT2D eigenvalue weighted by Crippen LogP contribution is 2.22. The molecule has 0 radical (unpaired) electrons. The van der Waals surface area contributed by atoms with Gasteiger partial charge in [0.1, 0.15) is 0 Å². The van der Waals surface area contributed by atoms with E-state index < -0.39 is 0 Å². The molecule has 0 amide bonds. The Morgan fingerprint density at radius 3 is 2.32 bits per heavy atom. The van der Waals surface area contributed by atoms with Crippen LogP contribution in [0, 0.1) is 0 Å². The molecular formula is C20H24N2. The largest absolute Gasteiger partial charge is 0.385 e. The zero-order chi connectivity index (χ0) is 15.8. The van der Waals surface area contributed by atoms with Crippen LogP contribution in [0.25, 0.3) is 22.2 Å². The van der Waals surface area contributed by atoms with Crippen molar-refractivity contribution in [3.05, 3.63) is 60.7 Å². The summed E-state index contributed by atoms with van der Waals surface area (Å²) >= 11 is 0. The molecule has 0 unspecified atom stereocenters. The number of hydrogen-bond donors (Lipinski definition) is 1. The van der Waals surface area contributed by atoms with Gasteiger partial charge in [-0.3, -0.25) is 0 Å². The minimum Gasteiger partial charge on any atom is -0.385 e. The van der Waals surface area contributed by atoms with E-state index in [0.29, 0.717) is 0 Å². The van der Waals surface area contributed by atoms with Gasteiger partial charge in [0.05, 0.1) is 11.2 Å². The van der Waals surface area contributed by atoms with Crippen molar-refractivity contribution in [2.45, 2.75) is 27.2 Å². The number of aromatic nitrogens is 1. The summed E-state index contributed by atoms with van der Waals surface area (Å²) in [6.07, 6.45) is 1.13. The first-order chi connectivity index (χ1) is 10.9. The number of para-hydroxylation sites is 1. The fourth-order valence-electron chi connectivity index (χ4n) is 2.25. The quantitative estimate of drug-likeness (QED) is 0.662. The van der Waals surface area contributed by atoms with Gasteiger partial charge in [-0.25, -0.2) is 4.98 Å². The lowest BCUT2D eigenvalue weighted by atomic mass is 10.1. The fourth-order valence-corrected chi connectivity index (χ4v) is 2.25. The van der Waals surface area contributed by atoms with Crippen molar-refractivity contribution >= 4 is 16.6 Å². The molecule has 0 saturated heterocycles. The van der Waals surface area contributed by atoms with E-state index in [-0.39, 0.29) is 0 Å². The molecule has 0 spiro atoms. The van der Waals surface area contributed by atoms with E-state index >= 15 is 0 Å². The predicted molar refractivity (Wildman–Crippen MR) is 97.3 cm³/mol. The molecule has 0 saturated carbocycles. The first kappa shape index (κ1) is 16.0. The minimum absolute atomic E-state index is 1.01. The number of pyridine rings is 1. The maximum atomic E-state index is 4.72. The van der Waals surface area contributed by atoms with Gasteiger partial charge in [-0.15, -0.1) is 0 Å². The van der Waals surface area contributed by atoms with Gasteiger partial charge in [0.25, 0.3) is 0 Å². The van der Waals surface area contributed by atoms with Crippen LogP contribution in [0.15, 0.2) is 60.7 Å². The van der Waals surface area contributed by atoms with E-state index in [9.17, 15) is 0 Å². The molecule has 1 aromatic heterocycles. The topological polar surface area (TPSA) is 24.9 Å². The zero-order valence-electron chi connectivity index (χ0n) is 13.6. The second-order valence-electron chi connectivity index (χ2n) is 4.89. The summed E-state index contributed by atoms with van der Waals surface area (Å²) in [5, 5.41) is 4.56. The van der Waals surface area contributed by atoms with Gasteiger partial charge < -0.3 is 5.32 Å². The number of hydrogen-bond acceptors (Lipinski definition) is 2. The van der Waals surface area contributed by atoms with Gasteiger partial charge in [0.15, 0.2) is 0 Å². The van der Waals surface area contributed by atoms with Crippen LogP contribution < -0.4 is 5.32 Å². The third kappa shape index (κ3) is 3.85. The number of rotatable bonds is 4. The van der Waals surface area contributed by atoms with Crippen molar-refractivity contribution in [3.63, 3.8) is 0 Å². The SMILES string of the molecule is CC.CCCNc1ccc(-c2ccc3ccccc3n2)cc1. The molecular weight excluding hydrogens is 268 g/mol. The maximum Gasteiger partial charge on any atom is 0.0709 e. The summed E-state index contributed by atoms with van der Waals surface area (Å²) in [4.78, 5) is 4.72. The van der Waals surface area contributed by atoms with Crippen LogP contribution >= 0.6 is 0 Å². The molecule has 2 aromatic carbocycles. The molecule has 3 aromatic rings. The normalized spacial score (nSPS) is 9.95. The number of nitrogens with one attached hydrogen (secondary N) is 1. The minimum atomic E-state index is 1.01. The summed E-state index contributed by atoms with van der Waals surface area (Å²) in [5.74, 6) is 0. The van der Waals surface area contributed by atoms with Crippen molar-refractivity contribution in [1.82, 2.24) is 4.98 Å². The van der Waals surface area contributed by atoms with Gasteiger partial charge in [-0.2, -0.15) is 0 Å². The van der Waals surface area contributed by atoms with E-state index in [4.69, 9.17) is 4.98 Å². The van der Waals surface area contributed by atoms with Crippen LogP contribution in [0.1, 0.15) is 27.2 Å². The average Bonchev–Trinajstić information content (AvgIpc) is 2.62. The maximum absolute atomic E-state index is 4.72. The van der Waals surface area contributed by atoms with Crippen molar-refractivity contribution in [2.75, 3.05) is 11.9 Å². The van der Waals surface area contributed by atoms with Gasteiger partial charge in [0, 0.05) is 23.2 Å². The highest BCUT2D eigenvalue weighted by molar-refractivity contribution is 5.81. The molecule has 22 heavy (non-hydrogen) atoms. The Bertz CT molecular complexity index is 702. The molecule has 0 fully saturated rings. The first-order valence-corrected chi connectivity index (χ1v) is 8.07. The second-order valence-corrected chi connectivity index (χ2v) is 4.89. The third-order valence-electron chi connectivity index (χ3n) is 3.36. The lowest BCUT2D eigenvalue weighted by molar-refractivity contribution is 0.980. The van der Waals surface area contributed by atoms with E-state index in [2.05, 4.69) is 60.8 Å². The summed E-state index contributed by atoms with van der Waals surface area (Å²) in [7, 11) is 0. The highest BCUT2D eigenvalue weighted by Gasteiger charge is 2.01. The van der Waals surface area contributed by atoms with Crippen molar-refractivity contribution < 1.29 is 0 Å². The Morgan fingerprint density at radius 1 is 0.864 bits per heavy atom. The van der Waals surface area contributed by atoms with E-state index in [1.54, 1.807) is 0 Å². The lowest BCUT2D eigenvalue weighted by Crippen LogP contribution is -1.98. The molecule has 1 heterocycles. The van der Waals surface area contributed by atoms with Gasteiger partial charge in [-0.1, -0.05) is 57.2 Å². The van der Waals surface area contributed by atoms with Gasteiger partial charge >= 0.3 is 0 Å². The summed E-state index contributed by atoms with van der Waals surface area (Å²) < 4.78 is 0. The summed E-state index contributed by atoms with van der Waals surface area (Å²) in [6, 6.07) is 20.9. The Balaban J connectivity index is 0.000000847. The van der Waals surface area contributed by atoms with Crippen LogP contribution in [0.4, 0.5) is 5.69 Å². The highest BCUT2D eigenvalue weighted by atomic mass is 14.9. The molecule has 0 bridgehead atoms. The van der Waals surface area contributed by atoms with Crippen molar-refractivity contribution in [1.29, 1.82) is 0 Å². The van der Waals surface area contributed by atoms with Crippen LogP contribution in [0.2, 0.25) is 0 Å². The second kappa shape index (κ2) is 8.18. The van der Waals surface area contributed by atoms with E-state index in [0.717, 1.165) is 35.4 Å². The standard InChI is InChI=1S/C18H18N2.C2H6/c1-2-13-19-16-10-7-15(8-11-16)18-12-9-14-5-3-4-6-17(14)20-18;1-2/h3-12,19H,2,13H2,1H3;1-2H3. The molecule has 0 atom stereocenters. The predicted octanol–water partition coefficient (Wildman–Crippen LogP) is 5.75. The first-order valence-electron chi connectivity index (χ1n) is 8.07. The fraction of sp³-hybridized carbons (Fsp3) is 0.250. The molecule has 2 nitrogen and oxygen atoms in total. The Hall–Kier alpha value is -2.35. The van der Waals surface area contributed by atoms with E-state index in [1.807, 2.05) is 26.0 Å². The molecule has 1 N–H and O–H groups in total. The number of benzene rings is 2. The molecule has 114 valence electrons. The Labute approximate surface area is 133 Å². The van der Waals surface area contributed by atoms with Crippen LogP contribution in [-0.4, -0.2) is 11.5 Å². The number of nitrogens with zero attached hydrogens (tertiary/aromatic N) is 1. The summed E-state index contributed by atoms with van der Waals surface area (Å²) in [5.41, 5.74) is 4.37. The number of fused-ring (bicyclic) bond motifs is 1. The van der Waals surface area contributed by atoms with Gasteiger partial charge in [-0.05, 0) is 30.7 Å². The van der Waals surface area contributed by atoms with Gasteiger partial charge in [0.2, 0.25) is 0 Å². The Morgan fingerprint density at radius 2 is 1.59 bits per heavy atom. The zero-order valence-corrected chi connectivity index (χ0v) is 13.6. The molecule has 0 aliphatic carbocycles. The third-order valence-corrected chi connectivity index (χ3v) is 3.36. The monoisotopic (exact) mass is 292 g/mol. The van der Waals surface area contributed by atoms with Crippen molar-refractivity contribution in [3.8, 4) is 11.3 Å². The smallest absolute Gasteiger partial charge is 0.0709 e. The molecule has 0 aliphatic rings. The van der Waals surface area contributed by atoms with Crippen LogP contribution in [0.5, 0.6) is 0 Å². The Kier molecular flexibility index (Phi) is 5.96. The van der Waals surface area contributed by atoms with E-state index in [1.165, 1.54) is 5.39 Å². The van der Waals surface area contributed by atoms with Crippen LogP contribution in [-0.2, 0) is 0 Å². The number of anilines is 1. The van der Waals surface area contributed by atoms with Crippen LogP contribution in [0.3, 0.4) is 0 Å². The molecule has 2 heteroatoms. The lowest BCUT2D eigenvalue weighted by Gasteiger charge is -2.07. The average molecular weight is 292 g/mol.